The number of urea groups is 1. The van der Waals surface area contributed by atoms with Crippen molar-refractivity contribution < 1.29 is 23.1 Å². The van der Waals surface area contributed by atoms with E-state index in [-0.39, 0.29) is 35.7 Å². The van der Waals surface area contributed by atoms with Gasteiger partial charge in [-0.1, -0.05) is 13.8 Å². The summed E-state index contributed by atoms with van der Waals surface area (Å²) in [5, 5.41) is 14.8. The van der Waals surface area contributed by atoms with Crippen LogP contribution < -0.4 is 10.6 Å². The third kappa shape index (κ3) is 6.12. The van der Waals surface area contributed by atoms with Crippen LogP contribution in [0.2, 0.25) is 0 Å². The molecule has 0 unspecified atom stereocenters. The lowest BCUT2D eigenvalue weighted by Crippen LogP contribution is -2.51. The molecule has 2 rings (SSSR count). The summed E-state index contributed by atoms with van der Waals surface area (Å²) < 4.78 is 26.0. The molecule has 0 radical (unpaired) electrons. The minimum atomic E-state index is -3.21. The fourth-order valence-corrected chi connectivity index (χ4v) is 5.52. The fraction of sp³-hybridized carbons (Fsp3) is 0.882. The number of carboxylic acid groups (broad SMARTS) is 1. The highest BCUT2D eigenvalue weighted by atomic mass is 32.2. The molecule has 1 heterocycles. The molecule has 26 heavy (non-hydrogen) atoms. The van der Waals surface area contributed by atoms with E-state index in [1.807, 2.05) is 13.8 Å². The zero-order chi connectivity index (χ0) is 19.3. The van der Waals surface area contributed by atoms with E-state index in [1.165, 1.54) is 4.31 Å². The number of carboxylic acids is 1. The number of piperidine rings is 1. The Kier molecular flexibility index (Phi) is 7.28. The van der Waals surface area contributed by atoms with Crippen LogP contribution in [-0.4, -0.2) is 60.8 Å². The van der Waals surface area contributed by atoms with Gasteiger partial charge in [0.2, 0.25) is 10.0 Å². The molecular formula is C17H31N3O5S. The standard InChI is InChI=1S/C17H31N3O5S/c1-12(2)11-26(24,25)20-9-7-15(8-10-20)19-17(23)18-14-5-3-13(4-6-14)16(21)22/h12-15H,3-11H2,1-2H3,(H,21,22)(H2,18,19,23). The largest absolute Gasteiger partial charge is 0.481 e. The summed E-state index contributed by atoms with van der Waals surface area (Å²) in [6.45, 7) is 4.65. The number of hydrogen-bond donors (Lipinski definition) is 3. The van der Waals surface area contributed by atoms with E-state index in [2.05, 4.69) is 10.6 Å². The maximum absolute atomic E-state index is 12.2. The lowest BCUT2D eigenvalue weighted by Gasteiger charge is -2.33. The number of nitrogens with one attached hydrogen (secondary N) is 2. The van der Waals surface area contributed by atoms with Gasteiger partial charge in [0.1, 0.15) is 0 Å². The lowest BCUT2D eigenvalue weighted by molar-refractivity contribution is -0.142. The second-order valence-electron chi connectivity index (χ2n) is 7.85. The van der Waals surface area contributed by atoms with Gasteiger partial charge in [0.05, 0.1) is 11.7 Å². The normalized spacial score (nSPS) is 25.8. The van der Waals surface area contributed by atoms with Crippen LogP contribution in [0.5, 0.6) is 0 Å². The molecule has 150 valence electrons. The molecule has 2 fully saturated rings. The first-order valence-corrected chi connectivity index (χ1v) is 11.1. The molecule has 0 aromatic heterocycles. The van der Waals surface area contributed by atoms with E-state index in [1.54, 1.807) is 0 Å². The second-order valence-corrected chi connectivity index (χ2v) is 9.86. The molecule has 8 nitrogen and oxygen atoms in total. The number of rotatable bonds is 6. The molecule has 2 amide bonds. The third-order valence-electron chi connectivity index (χ3n) is 5.14. The smallest absolute Gasteiger partial charge is 0.315 e. The van der Waals surface area contributed by atoms with Gasteiger partial charge < -0.3 is 15.7 Å². The molecule has 2 aliphatic rings. The van der Waals surface area contributed by atoms with Crippen LogP contribution >= 0.6 is 0 Å². The van der Waals surface area contributed by atoms with Crippen molar-refractivity contribution in [2.24, 2.45) is 11.8 Å². The van der Waals surface area contributed by atoms with Crippen LogP contribution in [-0.2, 0) is 14.8 Å². The quantitative estimate of drug-likeness (QED) is 0.635. The van der Waals surface area contributed by atoms with Crippen LogP contribution in [0.4, 0.5) is 4.79 Å². The number of carbonyl (C=O) groups excluding carboxylic acids is 1. The average molecular weight is 390 g/mol. The Morgan fingerprint density at radius 2 is 1.50 bits per heavy atom. The molecular weight excluding hydrogens is 358 g/mol. The molecule has 0 atom stereocenters. The van der Waals surface area contributed by atoms with Crippen LogP contribution in [0.1, 0.15) is 52.4 Å². The SMILES string of the molecule is CC(C)CS(=O)(=O)N1CCC(NC(=O)NC2CCC(C(=O)O)CC2)CC1. The van der Waals surface area contributed by atoms with Crippen molar-refractivity contribution in [3.8, 4) is 0 Å². The first-order chi connectivity index (χ1) is 12.2. The molecule has 0 spiro atoms. The summed E-state index contributed by atoms with van der Waals surface area (Å²) in [7, 11) is -3.21. The third-order valence-corrected chi connectivity index (χ3v) is 7.38. The van der Waals surface area contributed by atoms with Gasteiger partial charge in [-0.25, -0.2) is 17.5 Å². The summed E-state index contributed by atoms with van der Waals surface area (Å²) in [6, 6.07) is -0.264. The summed E-state index contributed by atoms with van der Waals surface area (Å²) >= 11 is 0. The van der Waals surface area contributed by atoms with E-state index in [4.69, 9.17) is 5.11 Å². The molecule has 0 bridgehead atoms. The van der Waals surface area contributed by atoms with Crippen molar-refractivity contribution in [3.63, 3.8) is 0 Å². The Morgan fingerprint density at radius 3 is 1.96 bits per heavy atom. The van der Waals surface area contributed by atoms with Crippen molar-refractivity contribution >= 4 is 22.0 Å². The van der Waals surface area contributed by atoms with Gasteiger partial charge in [0.25, 0.3) is 0 Å². The summed E-state index contributed by atoms with van der Waals surface area (Å²) in [4.78, 5) is 23.1. The van der Waals surface area contributed by atoms with E-state index in [0.717, 1.165) is 0 Å². The maximum atomic E-state index is 12.2. The Morgan fingerprint density at radius 1 is 1.00 bits per heavy atom. The highest BCUT2D eigenvalue weighted by molar-refractivity contribution is 7.89. The minimum Gasteiger partial charge on any atom is -0.481 e. The second kappa shape index (κ2) is 9.03. The van der Waals surface area contributed by atoms with Gasteiger partial charge in [0, 0.05) is 25.2 Å². The minimum absolute atomic E-state index is 0.0112. The molecule has 1 aliphatic heterocycles. The number of sulfonamides is 1. The number of amides is 2. The number of hydrogen-bond acceptors (Lipinski definition) is 4. The molecule has 0 aromatic carbocycles. The van der Waals surface area contributed by atoms with Crippen molar-refractivity contribution in [3.05, 3.63) is 0 Å². The van der Waals surface area contributed by atoms with Crippen LogP contribution in [0.15, 0.2) is 0 Å². The predicted molar refractivity (Wildman–Crippen MR) is 98.3 cm³/mol. The first-order valence-electron chi connectivity index (χ1n) is 9.45. The van der Waals surface area contributed by atoms with Crippen LogP contribution in [0.3, 0.4) is 0 Å². The molecule has 1 saturated carbocycles. The maximum Gasteiger partial charge on any atom is 0.315 e. The zero-order valence-corrected chi connectivity index (χ0v) is 16.4. The van der Waals surface area contributed by atoms with Gasteiger partial charge in [-0.05, 0) is 44.4 Å². The van der Waals surface area contributed by atoms with Gasteiger partial charge in [0.15, 0.2) is 0 Å². The van der Waals surface area contributed by atoms with Gasteiger partial charge in [-0.15, -0.1) is 0 Å². The van der Waals surface area contributed by atoms with E-state index < -0.39 is 16.0 Å². The van der Waals surface area contributed by atoms with Crippen molar-refractivity contribution in [2.45, 2.75) is 64.5 Å². The Labute approximate surface area is 155 Å². The lowest BCUT2D eigenvalue weighted by atomic mass is 9.86. The Bertz CT molecular complexity index is 592. The predicted octanol–water partition coefficient (Wildman–Crippen LogP) is 1.38. The highest BCUT2D eigenvalue weighted by Crippen LogP contribution is 2.24. The summed E-state index contributed by atoms with van der Waals surface area (Å²) in [5.74, 6) is -0.803. The summed E-state index contributed by atoms with van der Waals surface area (Å²) in [5.41, 5.74) is 0. The van der Waals surface area contributed by atoms with Crippen molar-refractivity contribution in [1.82, 2.24) is 14.9 Å². The van der Waals surface area contributed by atoms with Gasteiger partial charge >= 0.3 is 12.0 Å². The number of carbonyl (C=O) groups is 2. The number of aliphatic carboxylic acids is 1. The van der Waals surface area contributed by atoms with Crippen molar-refractivity contribution in [2.75, 3.05) is 18.8 Å². The molecule has 1 aliphatic carbocycles. The average Bonchev–Trinajstić information content (AvgIpc) is 2.54. The van der Waals surface area contributed by atoms with Crippen LogP contribution in [0, 0.1) is 11.8 Å². The molecule has 1 saturated heterocycles. The summed E-state index contributed by atoms with van der Waals surface area (Å²) in [6.07, 6.45) is 3.75. The molecule has 3 N–H and O–H groups in total. The van der Waals surface area contributed by atoms with Gasteiger partial charge in [-0.2, -0.15) is 0 Å². The zero-order valence-electron chi connectivity index (χ0n) is 15.6. The number of nitrogens with zero attached hydrogens (tertiary/aromatic N) is 1. The highest BCUT2D eigenvalue weighted by Gasteiger charge is 2.30. The van der Waals surface area contributed by atoms with E-state index in [0.29, 0.717) is 51.6 Å². The van der Waals surface area contributed by atoms with Crippen molar-refractivity contribution in [1.29, 1.82) is 0 Å². The van der Waals surface area contributed by atoms with E-state index in [9.17, 15) is 18.0 Å². The first kappa shape index (κ1) is 21.0. The molecule has 9 heteroatoms. The Balaban J connectivity index is 1.71. The fourth-order valence-electron chi connectivity index (χ4n) is 3.70. The van der Waals surface area contributed by atoms with Crippen LogP contribution in [0.25, 0.3) is 0 Å². The Hall–Kier alpha value is -1.35. The monoisotopic (exact) mass is 389 g/mol. The van der Waals surface area contributed by atoms with E-state index >= 15 is 0 Å². The topological polar surface area (TPSA) is 116 Å². The van der Waals surface area contributed by atoms with Gasteiger partial charge in [-0.3, -0.25) is 4.79 Å². The molecule has 0 aromatic rings.